The molecule has 2 aromatic carbocycles. The minimum Gasteiger partial charge on any atom is -0.494 e. The van der Waals surface area contributed by atoms with Gasteiger partial charge in [-0.15, -0.1) is 0 Å². The molecule has 1 atom stereocenters. The highest BCUT2D eigenvalue weighted by Crippen LogP contribution is 2.36. The van der Waals surface area contributed by atoms with E-state index in [0.717, 1.165) is 48.6 Å². The van der Waals surface area contributed by atoms with E-state index in [4.69, 9.17) is 9.47 Å². The van der Waals surface area contributed by atoms with Gasteiger partial charge in [0.05, 0.1) is 19.8 Å². The van der Waals surface area contributed by atoms with Crippen LogP contribution in [0.2, 0.25) is 0 Å². The van der Waals surface area contributed by atoms with Crippen LogP contribution in [0.25, 0.3) is 0 Å². The first-order valence-corrected chi connectivity index (χ1v) is 10.3. The number of benzene rings is 2. The van der Waals surface area contributed by atoms with Gasteiger partial charge in [-0.05, 0) is 75.2 Å². The van der Waals surface area contributed by atoms with Crippen molar-refractivity contribution in [3.05, 3.63) is 54.1 Å². The van der Waals surface area contributed by atoms with Gasteiger partial charge in [0, 0.05) is 12.0 Å². The maximum Gasteiger partial charge on any atom is 0.271 e. The third-order valence-electron chi connectivity index (χ3n) is 5.57. The lowest BCUT2D eigenvalue weighted by Crippen LogP contribution is -2.41. The number of amidine groups is 1. The largest absolute Gasteiger partial charge is 0.494 e. The molecular weight excluding hydrogens is 352 g/mol. The molecule has 0 aliphatic carbocycles. The van der Waals surface area contributed by atoms with Gasteiger partial charge in [0.25, 0.3) is 11.6 Å². The molecule has 0 fully saturated rings. The molecule has 2 aliphatic heterocycles. The first-order valence-electron chi connectivity index (χ1n) is 10.3. The maximum atomic E-state index is 11.7. The molecule has 1 N–H and O–H groups in total. The zero-order chi connectivity index (χ0) is 19.6. The second kappa shape index (κ2) is 7.84. The molecule has 0 bridgehead atoms. The molecule has 2 aliphatic rings. The second-order valence-electron chi connectivity index (χ2n) is 7.31. The van der Waals surface area contributed by atoms with Gasteiger partial charge >= 0.3 is 0 Å². The van der Waals surface area contributed by atoms with E-state index in [0.29, 0.717) is 19.8 Å². The fourth-order valence-corrected chi connectivity index (χ4v) is 4.25. The van der Waals surface area contributed by atoms with Crippen molar-refractivity contribution in [2.75, 3.05) is 31.2 Å². The lowest BCUT2D eigenvalue weighted by atomic mass is 10.0. The van der Waals surface area contributed by atoms with Gasteiger partial charge in [-0.3, -0.25) is 0 Å². The number of β-amino-alcohol motifs (C(OH)–C–C–N with tert-alkyl or cyclic N) is 1. The third-order valence-corrected chi connectivity index (χ3v) is 5.57. The number of aliphatic hydroxyl groups is 1. The summed E-state index contributed by atoms with van der Waals surface area (Å²) in [6.45, 7) is 6.64. The first-order chi connectivity index (χ1) is 13.7. The van der Waals surface area contributed by atoms with Crippen molar-refractivity contribution in [2.24, 2.45) is 0 Å². The predicted molar refractivity (Wildman–Crippen MR) is 110 cm³/mol. The summed E-state index contributed by atoms with van der Waals surface area (Å²) >= 11 is 0. The van der Waals surface area contributed by atoms with Crippen LogP contribution in [0.4, 0.5) is 5.69 Å². The van der Waals surface area contributed by atoms with E-state index in [9.17, 15) is 5.11 Å². The molecule has 0 radical (unpaired) electrons. The van der Waals surface area contributed by atoms with Crippen LogP contribution >= 0.6 is 0 Å². The van der Waals surface area contributed by atoms with Crippen LogP contribution in [-0.4, -0.2) is 41.8 Å². The SMILES string of the molecule is CCOc1ccc(N2C[C@@](O)(c3ccc(OCC)cc3)[N+]3=C2CCCC3)cc1. The number of rotatable bonds is 6. The average molecular weight is 381 g/mol. The van der Waals surface area contributed by atoms with Gasteiger partial charge in [0.1, 0.15) is 17.2 Å². The van der Waals surface area contributed by atoms with Gasteiger partial charge in [-0.2, -0.15) is 0 Å². The Morgan fingerprint density at radius 3 is 2.14 bits per heavy atom. The Balaban J connectivity index is 1.67. The number of hydrogen-bond donors (Lipinski definition) is 1. The lowest BCUT2D eigenvalue weighted by molar-refractivity contribution is -0.661. The Bertz CT molecular complexity index is 845. The van der Waals surface area contributed by atoms with Crippen molar-refractivity contribution in [1.29, 1.82) is 0 Å². The molecule has 0 amide bonds. The van der Waals surface area contributed by atoms with E-state index in [1.54, 1.807) is 0 Å². The zero-order valence-corrected chi connectivity index (χ0v) is 16.7. The van der Waals surface area contributed by atoms with Gasteiger partial charge in [-0.1, -0.05) is 0 Å². The van der Waals surface area contributed by atoms with E-state index in [1.807, 2.05) is 50.2 Å². The molecule has 0 aromatic heterocycles. The molecule has 0 spiro atoms. The fourth-order valence-electron chi connectivity index (χ4n) is 4.25. The minimum atomic E-state index is -1.03. The highest BCUT2D eigenvalue weighted by atomic mass is 16.5. The van der Waals surface area contributed by atoms with E-state index < -0.39 is 5.72 Å². The number of anilines is 1. The molecule has 0 saturated heterocycles. The number of nitrogens with zero attached hydrogens (tertiary/aromatic N) is 2. The highest BCUT2D eigenvalue weighted by molar-refractivity contribution is 5.96. The summed E-state index contributed by atoms with van der Waals surface area (Å²) < 4.78 is 13.3. The summed E-state index contributed by atoms with van der Waals surface area (Å²) in [5.41, 5.74) is 0.968. The van der Waals surface area contributed by atoms with Crippen molar-refractivity contribution < 1.29 is 19.2 Å². The molecule has 0 saturated carbocycles. The van der Waals surface area contributed by atoms with Crippen LogP contribution in [0, 0.1) is 0 Å². The molecule has 4 rings (SSSR count). The third kappa shape index (κ3) is 3.35. The summed E-state index contributed by atoms with van der Waals surface area (Å²) in [5, 5.41) is 11.7. The van der Waals surface area contributed by atoms with Crippen molar-refractivity contribution in [3.63, 3.8) is 0 Å². The highest BCUT2D eigenvalue weighted by Gasteiger charge is 2.52. The Kier molecular flexibility index (Phi) is 5.27. The normalized spacial score (nSPS) is 21.6. The van der Waals surface area contributed by atoms with Crippen LogP contribution in [0.1, 0.15) is 38.7 Å². The first kappa shape index (κ1) is 18.8. The quantitative estimate of drug-likeness (QED) is 0.774. The molecule has 2 heterocycles. The number of ether oxygens (including phenoxy) is 2. The Labute approximate surface area is 166 Å². The average Bonchev–Trinajstić information content (AvgIpc) is 3.04. The smallest absolute Gasteiger partial charge is 0.271 e. The monoisotopic (exact) mass is 381 g/mol. The Morgan fingerprint density at radius 1 is 0.929 bits per heavy atom. The fraction of sp³-hybridized carbons (Fsp3) is 0.435. The summed E-state index contributed by atoms with van der Waals surface area (Å²) in [6.07, 6.45) is 3.23. The number of hydrogen-bond acceptors (Lipinski definition) is 4. The van der Waals surface area contributed by atoms with Crippen LogP contribution in [-0.2, 0) is 5.72 Å². The standard InChI is InChI=1S/C23H29N2O3/c1-3-27-20-12-8-18(9-13-20)23(26)17-24(22-7-5-6-16-25(22)23)19-10-14-21(15-11-19)28-4-2/h8-15,26H,3-7,16-17H2,1-2H3/q+1/t23-/m1/s1. The van der Waals surface area contributed by atoms with E-state index in [2.05, 4.69) is 21.6 Å². The Hall–Kier alpha value is -2.53. The molecule has 148 valence electrons. The second-order valence-corrected chi connectivity index (χ2v) is 7.31. The summed E-state index contributed by atoms with van der Waals surface area (Å²) in [7, 11) is 0. The van der Waals surface area contributed by atoms with Crippen molar-refractivity contribution in [3.8, 4) is 11.5 Å². The predicted octanol–water partition coefficient (Wildman–Crippen LogP) is 3.74. The van der Waals surface area contributed by atoms with Crippen molar-refractivity contribution >= 4 is 11.5 Å². The summed E-state index contributed by atoms with van der Waals surface area (Å²) in [5.74, 6) is 2.91. The Morgan fingerprint density at radius 2 is 1.54 bits per heavy atom. The van der Waals surface area contributed by atoms with Crippen molar-refractivity contribution in [2.45, 2.75) is 38.8 Å². The van der Waals surface area contributed by atoms with E-state index in [-0.39, 0.29) is 0 Å². The zero-order valence-electron chi connectivity index (χ0n) is 16.7. The van der Waals surface area contributed by atoms with Gasteiger partial charge in [0.2, 0.25) is 0 Å². The summed E-state index contributed by atoms with van der Waals surface area (Å²) in [4.78, 5) is 2.26. The minimum absolute atomic E-state index is 0.518. The van der Waals surface area contributed by atoms with Crippen LogP contribution < -0.4 is 14.4 Å². The van der Waals surface area contributed by atoms with E-state index >= 15 is 0 Å². The van der Waals surface area contributed by atoms with Crippen LogP contribution in [0.15, 0.2) is 48.5 Å². The van der Waals surface area contributed by atoms with Gasteiger partial charge in [-0.25, -0.2) is 9.48 Å². The van der Waals surface area contributed by atoms with Gasteiger partial charge in [0.15, 0.2) is 6.54 Å². The molecule has 2 aromatic rings. The van der Waals surface area contributed by atoms with Gasteiger partial charge < -0.3 is 14.6 Å². The molecular formula is C23H29N2O3+. The maximum absolute atomic E-state index is 11.7. The lowest BCUT2D eigenvalue weighted by Gasteiger charge is -2.24. The van der Waals surface area contributed by atoms with Crippen LogP contribution in [0.5, 0.6) is 11.5 Å². The summed E-state index contributed by atoms with van der Waals surface area (Å²) in [6, 6.07) is 16.0. The molecule has 0 unspecified atom stereocenters. The van der Waals surface area contributed by atoms with Crippen LogP contribution in [0.3, 0.4) is 0 Å². The van der Waals surface area contributed by atoms with Crippen molar-refractivity contribution in [1.82, 2.24) is 0 Å². The molecule has 28 heavy (non-hydrogen) atoms. The van der Waals surface area contributed by atoms with E-state index in [1.165, 1.54) is 5.84 Å². The molecule has 5 nitrogen and oxygen atoms in total. The topological polar surface area (TPSA) is 44.9 Å². The molecule has 5 heteroatoms.